The van der Waals surface area contributed by atoms with Gasteiger partial charge >= 0.3 is 11.9 Å². The zero-order valence-electron chi connectivity index (χ0n) is 9.14. The number of hydrogen-bond donors (Lipinski definition) is 0. The number of carbonyl (C=O) groups is 2. The third kappa shape index (κ3) is 1.16. The molecule has 3 rings (SSSR count). The van der Waals surface area contributed by atoms with Gasteiger partial charge in [-0.2, -0.15) is 0 Å². The molecule has 0 amide bonds. The third-order valence-electron chi connectivity index (χ3n) is 4.01. The molecule has 4 heteroatoms. The summed E-state index contributed by atoms with van der Waals surface area (Å²) in [5, 5.41) is 0. The molecule has 3 aliphatic rings. The topological polar surface area (TPSA) is 52.6 Å². The van der Waals surface area contributed by atoms with Gasteiger partial charge < -0.3 is 9.47 Å². The Bertz CT molecular complexity index is 386. The van der Waals surface area contributed by atoms with Crippen molar-refractivity contribution in [3.05, 3.63) is 12.2 Å². The van der Waals surface area contributed by atoms with Gasteiger partial charge in [0, 0.05) is 17.4 Å². The van der Waals surface area contributed by atoms with Crippen molar-refractivity contribution >= 4 is 11.9 Å². The van der Waals surface area contributed by atoms with Gasteiger partial charge in [-0.15, -0.1) is 0 Å². The van der Waals surface area contributed by atoms with Gasteiger partial charge in [0.05, 0.1) is 5.92 Å². The molecule has 2 saturated carbocycles. The molecule has 1 heterocycles. The standard InChI is InChI=1S/C12H14O4/c1-5(2)11(13)15-9-6-3-7-8(4-6)12(14)16-10(7)9/h6-10H,1,3-4H2,2H3/t6?,7?,8?,9?,10-/m0/s1. The lowest BCUT2D eigenvalue weighted by molar-refractivity contribution is -0.158. The summed E-state index contributed by atoms with van der Waals surface area (Å²) in [6.45, 7) is 5.18. The Kier molecular flexibility index (Phi) is 1.91. The Morgan fingerprint density at radius 3 is 2.94 bits per heavy atom. The quantitative estimate of drug-likeness (QED) is 0.517. The van der Waals surface area contributed by atoms with Crippen LogP contribution < -0.4 is 0 Å². The molecule has 5 atom stereocenters. The first-order valence-corrected chi connectivity index (χ1v) is 5.65. The molecule has 1 saturated heterocycles. The van der Waals surface area contributed by atoms with Crippen LogP contribution in [0.4, 0.5) is 0 Å². The Morgan fingerprint density at radius 2 is 2.25 bits per heavy atom. The fourth-order valence-electron chi connectivity index (χ4n) is 3.29. The number of ether oxygens (including phenoxy) is 2. The van der Waals surface area contributed by atoms with E-state index in [1.165, 1.54) is 0 Å². The summed E-state index contributed by atoms with van der Waals surface area (Å²) in [5.41, 5.74) is 0.392. The second-order valence-corrected chi connectivity index (χ2v) is 5.05. The molecule has 1 aliphatic heterocycles. The zero-order chi connectivity index (χ0) is 11.4. The molecule has 2 aliphatic carbocycles. The van der Waals surface area contributed by atoms with Crippen LogP contribution in [0.1, 0.15) is 19.8 Å². The van der Waals surface area contributed by atoms with Crippen LogP contribution >= 0.6 is 0 Å². The van der Waals surface area contributed by atoms with Gasteiger partial charge in [0.2, 0.25) is 0 Å². The van der Waals surface area contributed by atoms with Crippen molar-refractivity contribution in [2.45, 2.75) is 32.0 Å². The maximum atomic E-state index is 11.5. The maximum absolute atomic E-state index is 11.5. The van der Waals surface area contributed by atoms with Crippen LogP contribution in [0.25, 0.3) is 0 Å². The Labute approximate surface area is 93.6 Å². The predicted molar refractivity (Wildman–Crippen MR) is 54.3 cm³/mol. The molecule has 3 fully saturated rings. The Morgan fingerprint density at radius 1 is 1.50 bits per heavy atom. The van der Waals surface area contributed by atoms with Crippen LogP contribution in [0.5, 0.6) is 0 Å². The Hall–Kier alpha value is -1.32. The summed E-state index contributed by atoms with van der Waals surface area (Å²) in [6.07, 6.45) is 1.33. The molecule has 86 valence electrons. The van der Waals surface area contributed by atoms with E-state index in [0.717, 1.165) is 12.8 Å². The molecule has 0 N–H and O–H groups in total. The van der Waals surface area contributed by atoms with Gasteiger partial charge in [-0.3, -0.25) is 4.79 Å². The third-order valence-corrected chi connectivity index (χ3v) is 4.01. The largest absolute Gasteiger partial charge is 0.458 e. The van der Waals surface area contributed by atoms with E-state index >= 15 is 0 Å². The number of hydrogen-bond acceptors (Lipinski definition) is 4. The van der Waals surface area contributed by atoms with Crippen molar-refractivity contribution < 1.29 is 19.1 Å². The van der Waals surface area contributed by atoms with Crippen molar-refractivity contribution in [2.75, 3.05) is 0 Å². The molecule has 0 aromatic carbocycles. The first-order chi connectivity index (χ1) is 7.58. The van der Waals surface area contributed by atoms with Crippen molar-refractivity contribution in [3.63, 3.8) is 0 Å². The second kappa shape index (κ2) is 3.09. The fraction of sp³-hybridized carbons (Fsp3) is 0.667. The van der Waals surface area contributed by atoms with Gasteiger partial charge in [-0.1, -0.05) is 6.58 Å². The van der Waals surface area contributed by atoms with Crippen molar-refractivity contribution in [3.8, 4) is 0 Å². The van der Waals surface area contributed by atoms with Gasteiger partial charge in [0.1, 0.15) is 12.2 Å². The molecule has 4 unspecified atom stereocenters. The van der Waals surface area contributed by atoms with E-state index in [0.29, 0.717) is 11.5 Å². The second-order valence-electron chi connectivity index (χ2n) is 5.05. The summed E-state index contributed by atoms with van der Waals surface area (Å²) in [6, 6.07) is 0. The number of rotatable bonds is 2. The molecular weight excluding hydrogens is 208 g/mol. The minimum absolute atomic E-state index is 0.0646. The highest BCUT2D eigenvalue weighted by molar-refractivity contribution is 5.87. The number of esters is 2. The molecule has 2 bridgehead atoms. The van der Waals surface area contributed by atoms with E-state index in [-0.39, 0.29) is 36.0 Å². The van der Waals surface area contributed by atoms with Crippen LogP contribution in [0.3, 0.4) is 0 Å². The summed E-state index contributed by atoms with van der Waals surface area (Å²) >= 11 is 0. The van der Waals surface area contributed by atoms with Crippen molar-refractivity contribution in [1.82, 2.24) is 0 Å². The van der Waals surface area contributed by atoms with Crippen LogP contribution in [0.15, 0.2) is 12.2 Å². The maximum Gasteiger partial charge on any atom is 0.333 e. The molecule has 0 aromatic rings. The van der Waals surface area contributed by atoms with E-state index in [4.69, 9.17) is 9.47 Å². The van der Waals surface area contributed by atoms with E-state index in [9.17, 15) is 9.59 Å². The van der Waals surface area contributed by atoms with Crippen LogP contribution in [0.2, 0.25) is 0 Å². The lowest BCUT2D eigenvalue weighted by Gasteiger charge is -2.25. The van der Waals surface area contributed by atoms with Crippen molar-refractivity contribution in [1.29, 1.82) is 0 Å². The van der Waals surface area contributed by atoms with Crippen LogP contribution in [0, 0.1) is 17.8 Å². The lowest BCUT2D eigenvalue weighted by Crippen LogP contribution is -2.36. The molecule has 4 nitrogen and oxygen atoms in total. The highest BCUT2D eigenvalue weighted by Crippen LogP contribution is 2.55. The average Bonchev–Trinajstić information content (AvgIpc) is 2.81. The van der Waals surface area contributed by atoms with Gasteiger partial charge in [0.25, 0.3) is 0 Å². The minimum Gasteiger partial charge on any atom is -0.458 e. The number of fused-ring (bicyclic) bond motifs is 1. The normalized spacial score (nSPS) is 43.3. The van der Waals surface area contributed by atoms with Gasteiger partial charge in [-0.25, -0.2) is 4.79 Å². The van der Waals surface area contributed by atoms with Gasteiger partial charge in [-0.05, 0) is 19.8 Å². The first-order valence-electron chi connectivity index (χ1n) is 5.65. The molecular formula is C12H14O4. The first kappa shape index (κ1) is 9.87. The number of carbonyl (C=O) groups excluding carboxylic acids is 2. The SMILES string of the molecule is C=C(C)C(=O)OC1C2CC3C(=O)O[C@H]1C3C2. The van der Waals surface area contributed by atoms with Crippen LogP contribution in [-0.4, -0.2) is 24.1 Å². The zero-order valence-corrected chi connectivity index (χ0v) is 9.14. The van der Waals surface area contributed by atoms with E-state index in [2.05, 4.69) is 6.58 Å². The highest BCUT2D eigenvalue weighted by atomic mass is 16.6. The van der Waals surface area contributed by atoms with E-state index in [1.54, 1.807) is 6.92 Å². The van der Waals surface area contributed by atoms with E-state index < -0.39 is 0 Å². The van der Waals surface area contributed by atoms with Crippen LogP contribution in [-0.2, 0) is 19.1 Å². The highest BCUT2D eigenvalue weighted by Gasteiger charge is 2.63. The summed E-state index contributed by atoms with van der Waals surface area (Å²) in [7, 11) is 0. The average molecular weight is 222 g/mol. The van der Waals surface area contributed by atoms with Gasteiger partial charge in [0.15, 0.2) is 0 Å². The Balaban J connectivity index is 1.77. The fourth-order valence-corrected chi connectivity index (χ4v) is 3.29. The summed E-state index contributed by atoms with van der Waals surface area (Å²) in [4.78, 5) is 22.9. The molecule has 0 aromatic heterocycles. The van der Waals surface area contributed by atoms with Crippen molar-refractivity contribution in [2.24, 2.45) is 17.8 Å². The summed E-state index contributed by atoms with van der Waals surface area (Å²) in [5.74, 6) is 0.161. The summed E-state index contributed by atoms with van der Waals surface area (Å²) < 4.78 is 10.7. The predicted octanol–water partition coefficient (Wildman–Crippen LogP) is 1.06. The smallest absolute Gasteiger partial charge is 0.333 e. The minimum atomic E-state index is -0.378. The lowest BCUT2D eigenvalue weighted by atomic mass is 9.88. The molecule has 16 heavy (non-hydrogen) atoms. The molecule has 0 radical (unpaired) electrons. The molecule has 0 spiro atoms. The van der Waals surface area contributed by atoms with E-state index in [1.807, 2.05) is 0 Å². The monoisotopic (exact) mass is 222 g/mol.